The third-order valence-electron chi connectivity index (χ3n) is 26.3. The van der Waals surface area contributed by atoms with Crippen molar-refractivity contribution in [3.63, 3.8) is 0 Å². The van der Waals surface area contributed by atoms with Crippen LogP contribution in [0.25, 0.3) is 10.4 Å². The Hall–Kier alpha value is -4.35. The number of likely N-dealkylation sites (tertiary alicyclic amines) is 2. The van der Waals surface area contributed by atoms with Crippen molar-refractivity contribution in [2.45, 2.75) is 232 Å². The fraction of sp³-hybridized carbons (Fsp3) is 0.743. The summed E-state index contributed by atoms with van der Waals surface area (Å²) < 4.78 is 26.2. The normalized spacial score (nSPS) is 45.0. The molecule has 6 saturated carbocycles. The number of piperidine rings is 2. The number of hydrogen-bond acceptors (Lipinski definition) is 8. The minimum Gasteiger partial charge on any atom is -0.445 e. The SMILES string of the molecule is CC1=C2C[C@H]3[C@@H](CC[C@@H]4CC(N=[N+]=[N-])CC[C@@]43C)[C@@H]2CC[C@]12O[C@@H]1C[C@H](C)CN(C(=O)OCc3ccccc3)[C@H]1[C@H]2C.CC1=C2C[C@H]3[C@@H](CC[C@@H]4C[C@H](N)CC[C@@]43C)[C@@H]2CC[C@]12O[C@@H]1C[C@H](C)CN(C(=O)OCc3ccccc3)[C@H]1[C@H]2C. The number of allylic oxidation sites excluding steroid dienone is 2. The molecular formula is C70H98N6O6. The lowest BCUT2D eigenvalue weighted by Gasteiger charge is -2.54. The fourth-order valence-electron chi connectivity index (χ4n) is 22.1. The Morgan fingerprint density at radius 1 is 0.622 bits per heavy atom. The van der Waals surface area contributed by atoms with Crippen molar-refractivity contribution in [2.75, 3.05) is 13.1 Å². The summed E-state index contributed by atoms with van der Waals surface area (Å²) in [5.41, 5.74) is 24.2. The first-order valence-corrected chi connectivity index (χ1v) is 33.0. The molecule has 14 rings (SSSR count). The van der Waals surface area contributed by atoms with Gasteiger partial charge in [0.2, 0.25) is 0 Å². The van der Waals surface area contributed by atoms with Crippen LogP contribution in [0.1, 0.15) is 182 Å². The number of carbonyl (C=O) groups excluding carboxylic acids is 2. The number of amides is 2. The molecule has 0 radical (unpaired) electrons. The molecule has 1 unspecified atom stereocenters. The second kappa shape index (κ2) is 21.9. The van der Waals surface area contributed by atoms with Crippen LogP contribution in [0.15, 0.2) is 88.1 Å². The lowest BCUT2D eigenvalue weighted by atomic mass is 9.52. The van der Waals surface area contributed by atoms with Gasteiger partial charge in [0.1, 0.15) is 13.2 Å². The van der Waals surface area contributed by atoms with Crippen molar-refractivity contribution < 1.29 is 28.5 Å². The van der Waals surface area contributed by atoms with E-state index in [4.69, 9.17) is 30.2 Å². The highest BCUT2D eigenvalue weighted by Crippen LogP contribution is 2.69. The molecule has 2 spiro atoms. The number of nitrogens with zero attached hydrogens (tertiary/aromatic N) is 5. The number of nitrogens with two attached hydrogens (primary N) is 1. The van der Waals surface area contributed by atoms with Gasteiger partial charge < -0.3 is 34.5 Å². The molecule has 0 bridgehead atoms. The molecule has 0 aromatic heterocycles. The number of azide groups is 1. The third-order valence-corrected chi connectivity index (χ3v) is 26.3. The molecule has 10 fully saturated rings. The Morgan fingerprint density at radius 3 is 1.54 bits per heavy atom. The van der Waals surface area contributed by atoms with E-state index in [1.807, 2.05) is 70.5 Å². The van der Waals surface area contributed by atoms with Gasteiger partial charge in [-0.1, -0.05) is 118 Å². The van der Waals surface area contributed by atoms with E-state index in [-0.39, 0.29) is 65.6 Å². The van der Waals surface area contributed by atoms with Crippen LogP contribution in [-0.2, 0) is 32.2 Å². The predicted octanol–water partition coefficient (Wildman–Crippen LogP) is 15.5. The van der Waals surface area contributed by atoms with Crippen molar-refractivity contribution in [2.24, 2.45) is 92.7 Å². The second-order valence-electron chi connectivity index (χ2n) is 30.0. The Kier molecular flexibility index (Phi) is 15.1. The fourth-order valence-corrected chi connectivity index (χ4v) is 22.1. The van der Waals surface area contributed by atoms with E-state index >= 15 is 0 Å². The number of ether oxygens (including phenoxy) is 4. The van der Waals surface area contributed by atoms with Crippen LogP contribution in [-0.4, -0.2) is 82.7 Å². The zero-order chi connectivity index (χ0) is 57.0. The summed E-state index contributed by atoms with van der Waals surface area (Å²) in [5, 5.41) is 4.14. The topological polar surface area (TPSA) is 152 Å². The maximum Gasteiger partial charge on any atom is 0.410 e. The average Bonchev–Trinajstić information content (AvgIpc) is 4.35. The molecule has 4 aliphatic heterocycles. The van der Waals surface area contributed by atoms with E-state index in [0.29, 0.717) is 53.8 Å². The molecular weight excluding hydrogens is 1020 g/mol. The highest BCUT2D eigenvalue weighted by atomic mass is 16.6. The summed E-state index contributed by atoms with van der Waals surface area (Å²) in [6.07, 6.45) is 21.2. The van der Waals surface area contributed by atoms with Gasteiger partial charge in [-0.05, 0) is 227 Å². The molecule has 4 saturated heterocycles. The number of rotatable bonds is 5. The van der Waals surface area contributed by atoms with Gasteiger partial charge in [-0.25, -0.2) is 9.59 Å². The monoisotopic (exact) mass is 1120 g/mol. The van der Waals surface area contributed by atoms with Gasteiger partial charge in [-0.2, -0.15) is 0 Å². The van der Waals surface area contributed by atoms with E-state index < -0.39 is 0 Å². The van der Waals surface area contributed by atoms with Gasteiger partial charge in [0.05, 0.1) is 35.5 Å². The van der Waals surface area contributed by atoms with Crippen LogP contribution in [0.4, 0.5) is 9.59 Å². The molecule has 2 N–H and O–H groups in total. The van der Waals surface area contributed by atoms with Crippen LogP contribution in [0.2, 0.25) is 0 Å². The highest BCUT2D eigenvalue weighted by Gasteiger charge is 2.65. The maximum atomic E-state index is 13.6. The zero-order valence-corrected chi connectivity index (χ0v) is 51.0. The van der Waals surface area contributed by atoms with Gasteiger partial charge in [0.25, 0.3) is 0 Å². The highest BCUT2D eigenvalue weighted by molar-refractivity contribution is 5.69. The molecule has 4 heterocycles. The summed E-state index contributed by atoms with van der Waals surface area (Å²) in [7, 11) is 0. The first kappa shape index (κ1) is 56.8. The van der Waals surface area contributed by atoms with Crippen molar-refractivity contribution in [3.05, 3.63) is 105 Å². The van der Waals surface area contributed by atoms with Crippen molar-refractivity contribution in [1.29, 1.82) is 0 Å². The quantitative estimate of drug-likeness (QED) is 0.135. The van der Waals surface area contributed by atoms with Crippen LogP contribution < -0.4 is 5.73 Å². The maximum absolute atomic E-state index is 13.6. The molecule has 22 atom stereocenters. The van der Waals surface area contributed by atoms with Gasteiger partial charge in [0.15, 0.2) is 0 Å². The lowest BCUT2D eigenvalue weighted by Crippen LogP contribution is -2.54. The summed E-state index contributed by atoms with van der Waals surface area (Å²) in [5.74, 6) is 7.28. The summed E-state index contributed by atoms with van der Waals surface area (Å²) in [6.45, 7) is 21.3. The van der Waals surface area contributed by atoms with Crippen LogP contribution >= 0.6 is 0 Å². The molecule has 82 heavy (non-hydrogen) atoms. The van der Waals surface area contributed by atoms with Crippen molar-refractivity contribution >= 4 is 12.2 Å². The van der Waals surface area contributed by atoms with E-state index in [0.717, 1.165) is 98.2 Å². The van der Waals surface area contributed by atoms with Crippen LogP contribution in [0.5, 0.6) is 0 Å². The summed E-state index contributed by atoms with van der Waals surface area (Å²) in [4.78, 5) is 34.3. The molecule has 444 valence electrons. The zero-order valence-electron chi connectivity index (χ0n) is 51.0. The van der Waals surface area contributed by atoms with Gasteiger partial charge >= 0.3 is 12.2 Å². The first-order valence-electron chi connectivity index (χ1n) is 33.0. The Labute approximate surface area is 490 Å². The minimum atomic E-state index is -0.282. The van der Waals surface area contributed by atoms with Crippen molar-refractivity contribution in [3.8, 4) is 0 Å². The Morgan fingerprint density at radius 2 is 1.07 bits per heavy atom. The predicted molar refractivity (Wildman–Crippen MR) is 320 cm³/mol. The van der Waals surface area contributed by atoms with Crippen LogP contribution in [0, 0.1) is 81.8 Å². The van der Waals surface area contributed by atoms with Gasteiger partial charge in [-0.15, -0.1) is 0 Å². The third kappa shape index (κ3) is 9.32. The van der Waals surface area contributed by atoms with Crippen LogP contribution in [0.3, 0.4) is 0 Å². The number of benzene rings is 2. The molecule has 2 amide bonds. The summed E-state index contributed by atoms with van der Waals surface area (Å²) >= 11 is 0. The van der Waals surface area contributed by atoms with Crippen molar-refractivity contribution in [1.82, 2.24) is 9.80 Å². The lowest BCUT2D eigenvalue weighted by molar-refractivity contribution is -0.0666. The molecule has 12 aliphatic rings. The molecule has 8 aliphatic carbocycles. The van der Waals surface area contributed by atoms with Gasteiger partial charge in [-0.3, -0.25) is 0 Å². The average molecular weight is 1120 g/mol. The number of fused-ring (bicyclic) bond motifs is 12. The van der Waals surface area contributed by atoms with E-state index in [9.17, 15) is 9.59 Å². The second-order valence-corrected chi connectivity index (χ2v) is 30.0. The minimum absolute atomic E-state index is 0.0538. The first-order chi connectivity index (χ1) is 39.5. The Balaban J connectivity index is 0.000000154. The molecule has 2 aromatic carbocycles. The standard InChI is InChI=1S/C35H48N4O3.C35H50N2O3/c1-21-16-31-32(39(19-21)33(40)41-20-24-8-6-5-7-9-24)23(3)35(42-31)15-13-27-28-11-10-25-17-26(37-38-36)12-14-34(25,4)30(28)18-29(27)22(35)2;1-21-16-31-32(37(19-21)33(38)39-20-24-8-6-5-7-9-24)23(3)35(40-31)15-13-27-28-11-10-25-17-26(36)12-14-34(25,4)30(28)18-29(27)22(35)2/h5-9,21,23,25-28,30-32H,10-20H2,1-4H3;5-9,21,23,25-28,30-32H,10-20,36H2,1-4H3/t21-,23+,25+,26?,27-,28-,30-,31+,32-,34-,35-;21-,23+,25+,26+,27-,28-,30-,31+,32-,34-,35-/m00/s1. The largest absolute Gasteiger partial charge is 0.445 e. The number of carbonyl (C=O) groups is 2. The Bertz CT molecular complexity index is 2840. The van der Waals surface area contributed by atoms with E-state index in [1.54, 1.807) is 11.1 Å². The van der Waals surface area contributed by atoms with E-state index in [2.05, 4.69) is 65.4 Å². The van der Waals surface area contributed by atoms with E-state index in [1.165, 1.54) is 88.2 Å². The molecule has 12 heteroatoms. The molecule has 12 nitrogen and oxygen atoms in total. The number of hydrogen-bond donors (Lipinski definition) is 1. The van der Waals surface area contributed by atoms with Gasteiger partial charge in [0, 0.05) is 41.9 Å². The smallest absolute Gasteiger partial charge is 0.410 e. The molecule has 2 aromatic rings. The summed E-state index contributed by atoms with van der Waals surface area (Å²) in [6, 6.07) is 20.7.